The highest BCUT2D eigenvalue weighted by Gasteiger charge is 2.32. The predicted octanol–water partition coefficient (Wildman–Crippen LogP) is 7.97. The summed E-state index contributed by atoms with van der Waals surface area (Å²) in [6, 6.07) is 0. The summed E-state index contributed by atoms with van der Waals surface area (Å²) in [6.45, 7) is 20.5. The fourth-order valence-electron chi connectivity index (χ4n) is 6.21. The third-order valence-corrected chi connectivity index (χ3v) is 10.0. The zero-order chi connectivity index (χ0) is 36.6. The number of hydrogen-bond acceptors (Lipinski definition) is 7. The van der Waals surface area contributed by atoms with Crippen molar-refractivity contribution in [2.75, 3.05) is 0 Å². The topological polar surface area (TPSA) is 142 Å². The van der Waals surface area contributed by atoms with Gasteiger partial charge in [-0.1, -0.05) is 29.4 Å². The van der Waals surface area contributed by atoms with E-state index in [1.165, 1.54) is 5.57 Å². The fraction of sp³-hybridized carbons (Fsp3) is 0.850. The summed E-state index contributed by atoms with van der Waals surface area (Å²) in [5, 5.41) is 75.1. The van der Waals surface area contributed by atoms with E-state index in [0.717, 1.165) is 18.4 Å². The van der Waals surface area contributed by atoms with E-state index in [0.29, 0.717) is 103 Å². The summed E-state index contributed by atoms with van der Waals surface area (Å²) >= 11 is 0. The number of allylic oxidation sites excluding steroid dienone is 4. The van der Waals surface area contributed by atoms with Crippen LogP contribution in [0, 0.1) is 0 Å². The molecular weight excluding hydrogens is 592 g/mol. The van der Waals surface area contributed by atoms with Crippen LogP contribution in [0.5, 0.6) is 0 Å². The molecule has 0 aliphatic carbocycles. The minimum absolute atomic E-state index is 0.375. The Morgan fingerprint density at radius 1 is 0.553 bits per heavy atom. The maximum Gasteiger partial charge on any atom is 0.0877 e. The summed E-state index contributed by atoms with van der Waals surface area (Å²) < 4.78 is 0. The van der Waals surface area contributed by atoms with Gasteiger partial charge in [-0.05, 0) is 178 Å². The first kappa shape index (κ1) is 45.9. The smallest absolute Gasteiger partial charge is 0.0877 e. The molecule has 0 saturated heterocycles. The van der Waals surface area contributed by atoms with E-state index in [1.807, 2.05) is 27.7 Å². The van der Waals surface area contributed by atoms with Crippen LogP contribution in [0.1, 0.15) is 178 Å². The van der Waals surface area contributed by atoms with Crippen molar-refractivity contribution in [1.29, 1.82) is 0 Å². The average Bonchev–Trinajstić information content (AvgIpc) is 2.90. The molecule has 0 heterocycles. The lowest BCUT2D eigenvalue weighted by Crippen LogP contribution is -2.39. The normalized spacial score (nSPS) is 20.9. The van der Waals surface area contributed by atoms with Crippen molar-refractivity contribution in [3.8, 4) is 0 Å². The molecule has 0 bridgehead atoms. The summed E-state index contributed by atoms with van der Waals surface area (Å²) in [4.78, 5) is 0. The molecule has 0 spiro atoms. The molecule has 7 nitrogen and oxygen atoms in total. The van der Waals surface area contributed by atoms with E-state index >= 15 is 0 Å². The van der Waals surface area contributed by atoms with Gasteiger partial charge in [0.15, 0.2) is 0 Å². The first-order chi connectivity index (χ1) is 21.3. The van der Waals surface area contributed by atoms with Gasteiger partial charge in [-0.3, -0.25) is 0 Å². The number of aliphatic hydroxyl groups is 7. The first-order valence-electron chi connectivity index (χ1n) is 18.3. The van der Waals surface area contributed by atoms with E-state index in [9.17, 15) is 35.7 Å². The van der Waals surface area contributed by atoms with Crippen molar-refractivity contribution in [3.05, 3.63) is 36.0 Å². The van der Waals surface area contributed by atoms with Gasteiger partial charge in [0.1, 0.15) is 0 Å². The molecule has 0 radical (unpaired) electrons. The van der Waals surface area contributed by atoms with Crippen molar-refractivity contribution < 1.29 is 35.7 Å². The molecular formula is C40H76O7. The Morgan fingerprint density at radius 2 is 0.915 bits per heavy atom. The molecule has 7 unspecified atom stereocenters. The van der Waals surface area contributed by atoms with E-state index < -0.39 is 39.7 Å². The first-order valence-corrected chi connectivity index (χ1v) is 18.3. The monoisotopic (exact) mass is 669 g/mol. The van der Waals surface area contributed by atoms with Gasteiger partial charge in [-0.2, -0.15) is 0 Å². The predicted molar refractivity (Wildman–Crippen MR) is 196 cm³/mol. The Balaban J connectivity index is 4.44. The third kappa shape index (κ3) is 23.9. The van der Waals surface area contributed by atoms with E-state index in [-0.39, 0.29) is 0 Å². The minimum Gasteiger partial charge on any atom is -0.390 e. The molecule has 7 heteroatoms. The van der Waals surface area contributed by atoms with Gasteiger partial charge in [0.25, 0.3) is 0 Å². The number of rotatable bonds is 27. The standard InChI is InChI=1S/C40H76O7/c1-11-35(5,42)22-13-19-33(4)20-21-34(41)40(10,47)31-17-30-39(9,46)29-16-28-38(8,45)27-15-26-37(7,44)25-14-24-36(6,43)23-12-18-32(2)3/h11,18-19,34,41-47H,1,12-17,20-31H2,2-10H3. The second-order valence-corrected chi connectivity index (χ2v) is 16.8. The number of aliphatic hydroxyl groups excluding tert-OH is 1. The van der Waals surface area contributed by atoms with Crippen molar-refractivity contribution in [3.63, 3.8) is 0 Å². The summed E-state index contributed by atoms with van der Waals surface area (Å²) in [5.41, 5.74) is -3.17. The minimum atomic E-state index is -1.25. The third-order valence-electron chi connectivity index (χ3n) is 10.0. The van der Waals surface area contributed by atoms with Crippen LogP contribution < -0.4 is 0 Å². The highest BCUT2D eigenvalue weighted by molar-refractivity contribution is 5.02. The highest BCUT2D eigenvalue weighted by atomic mass is 16.3. The Labute approximate surface area is 288 Å². The Kier molecular flexibility index (Phi) is 20.1. The van der Waals surface area contributed by atoms with Gasteiger partial charge in [0.05, 0.1) is 39.7 Å². The summed E-state index contributed by atoms with van der Waals surface area (Å²) in [5.74, 6) is 0. The molecule has 0 fully saturated rings. The zero-order valence-corrected chi connectivity index (χ0v) is 31.9. The zero-order valence-electron chi connectivity index (χ0n) is 31.9. The average molecular weight is 669 g/mol. The quantitative estimate of drug-likeness (QED) is 0.0440. The van der Waals surface area contributed by atoms with Gasteiger partial charge >= 0.3 is 0 Å². The van der Waals surface area contributed by atoms with E-state index in [1.54, 1.807) is 26.8 Å². The molecule has 0 aromatic heterocycles. The second-order valence-electron chi connectivity index (χ2n) is 16.8. The van der Waals surface area contributed by atoms with Crippen LogP contribution in [0.15, 0.2) is 36.0 Å². The second kappa shape index (κ2) is 20.6. The van der Waals surface area contributed by atoms with Crippen molar-refractivity contribution in [2.24, 2.45) is 0 Å². The molecule has 47 heavy (non-hydrogen) atoms. The molecule has 0 amide bonds. The Bertz CT molecular complexity index is 936. The molecule has 0 aliphatic rings. The maximum absolute atomic E-state index is 11.0. The molecule has 0 aromatic rings. The van der Waals surface area contributed by atoms with E-state index in [4.69, 9.17) is 0 Å². The molecule has 0 aliphatic heterocycles. The lowest BCUT2D eigenvalue weighted by molar-refractivity contribution is -0.0746. The maximum atomic E-state index is 11.0. The van der Waals surface area contributed by atoms with Crippen molar-refractivity contribution in [1.82, 2.24) is 0 Å². The fourth-order valence-corrected chi connectivity index (χ4v) is 6.21. The van der Waals surface area contributed by atoms with Crippen molar-refractivity contribution in [2.45, 2.75) is 218 Å². The number of hydrogen-bond donors (Lipinski definition) is 7. The van der Waals surface area contributed by atoms with Crippen LogP contribution in [0.2, 0.25) is 0 Å². The van der Waals surface area contributed by atoms with Crippen LogP contribution in [-0.2, 0) is 0 Å². The lowest BCUT2D eigenvalue weighted by Gasteiger charge is -2.32. The summed E-state index contributed by atoms with van der Waals surface area (Å²) in [7, 11) is 0. The van der Waals surface area contributed by atoms with Crippen molar-refractivity contribution >= 4 is 0 Å². The van der Waals surface area contributed by atoms with Crippen LogP contribution in [-0.4, -0.2) is 75.5 Å². The van der Waals surface area contributed by atoms with Gasteiger partial charge in [-0.15, -0.1) is 6.58 Å². The Hall–Kier alpha value is -1.06. The highest BCUT2D eigenvalue weighted by Crippen LogP contribution is 2.31. The summed E-state index contributed by atoms with van der Waals surface area (Å²) in [6.07, 6.45) is 15.8. The van der Waals surface area contributed by atoms with E-state index in [2.05, 4.69) is 32.6 Å². The Morgan fingerprint density at radius 3 is 1.30 bits per heavy atom. The molecule has 0 rings (SSSR count). The molecule has 7 atom stereocenters. The van der Waals surface area contributed by atoms with Crippen LogP contribution in [0.25, 0.3) is 0 Å². The van der Waals surface area contributed by atoms with Gasteiger partial charge in [-0.25, -0.2) is 0 Å². The molecule has 7 N–H and O–H groups in total. The van der Waals surface area contributed by atoms with Gasteiger partial charge in [0.2, 0.25) is 0 Å². The van der Waals surface area contributed by atoms with Crippen LogP contribution >= 0.6 is 0 Å². The largest absolute Gasteiger partial charge is 0.390 e. The van der Waals surface area contributed by atoms with Gasteiger partial charge < -0.3 is 35.7 Å². The van der Waals surface area contributed by atoms with Crippen LogP contribution in [0.3, 0.4) is 0 Å². The molecule has 278 valence electrons. The van der Waals surface area contributed by atoms with Gasteiger partial charge in [0, 0.05) is 0 Å². The van der Waals surface area contributed by atoms with Crippen LogP contribution in [0.4, 0.5) is 0 Å². The lowest BCUT2D eigenvalue weighted by atomic mass is 9.83. The SMILES string of the molecule is C=CC(C)(O)CCC=C(C)CCC(O)C(C)(O)CCCC(C)(O)CCCC(C)(O)CCCC(C)(O)CCCC(C)(O)CCC=C(C)C. The molecule has 0 aromatic carbocycles. The molecule has 0 saturated carbocycles.